The van der Waals surface area contributed by atoms with Crippen LogP contribution in [0.25, 0.3) is 6.08 Å². The summed E-state index contributed by atoms with van der Waals surface area (Å²) >= 11 is 0. The monoisotopic (exact) mass is 241 g/mol. The summed E-state index contributed by atoms with van der Waals surface area (Å²) in [6.45, 7) is 2.21. The summed E-state index contributed by atoms with van der Waals surface area (Å²) in [5.41, 5.74) is 2.69. The standard InChI is InChI=1S/C16H19NO/c18-13-5-1-2-6-14-7-3-4-8-16(14)15-9-11-17-12-10-15/h1-8,13,15,17H,9-12H2. The van der Waals surface area contributed by atoms with Gasteiger partial charge in [0.05, 0.1) is 0 Å². The zero-order valence-electron chi connectivity index (χ0n) is 10.5. The minimum atomic E-state index is 0.655. The molecule has 0 unspecified atom stereocenters. The van der Waals surface area contributed by atoms with Crippen LogP contribution >= 0.6 is 0 Å². The Morgan fingerprint density at radius 3 is 2.61 bits per heavy atom. The first-order valence-electron chi connectivity index (χ1n) is 6.50. The third kappa shape index (κ3) is 3.41. The number of aldehydes is 1. The summed E-state index contributed by atoms with van der Waals surface area (Å²) in [5, 5.41) is 3.40. The van der Waals surface area contributed by atoms with Crippen LogP contribution in [0, 0.1) is 0 Å². The van der Waals surface area contributed by atoms with E-state index in [-0.39, 0.29) is 0 Å². The highest BCUT2D eigenvalue weighted by Crippen LogP contribution is 2.28. The smallest absolute Gasteiger partial charge is 0.142 e. The predicted octanol–water partition coefficient (Wildman–Crippen LogP) is 2.92. The number of piperidine rings is 1. The van der Waals surface area contributed by atoms with Gasteiger partial charge in [-0.3, -0.25) is 4.79 Å². The zero-order valence-corrected chi connectivity index (χ0v) is 10.5. The van der Waals surface area contributed by atoms with Crippen LogP contribution in [0.3, 0.4) is 0 Å². The first kappa shape index (κ1) is 12.8. The van der Waals surface area contributed by atoms with Gasteiger partial charge in [-0.25, -0.2) is 0 Å². The maximum atomic E-state index is 10.2. The van der Waals surface area contributed by atoms with Crippen LogP contribution in [-0.4, -0.2) is 19.4 Å². The van der Waals surface area contributed by atoms with Gasteiger partial charge in [-0.05, 0) is 49.1 Å². The van der Waals surface area contributed by atoms with Crippen LogP contribution in [0.4, 0.5) is 0 Å². The number of benzene rings is 1. The number of carbonyl (C=O) groups excluding carboxylic acids is 1. The Morgan fingerprint density at radius 1 is 1.06 bits per heavy atom. The highest BCUT2D eigenvalue weighted by Gasteiger charge is 2.16. The van der Waals surface area contributed by atoms with Crippen LogP contribution in [0.2, 0.25) is 0 Å². The molecule has 1 fully saturated rings. The topological polar surface area (TPSA) is 29.1 Å². The average molecular weight is 241 g/mol. The lowest BCUT2D eigenvalue weighted by Crippen LogP contribution is -2.26. The van der Waals surface area contributed by atoms with Crippen molar-refractivity contribution in [3.63, 3.8) is 0 Å². The van der Waals surface area contributed by atoms with Crippen molar-refractivity contribution >= 4 is 12.4 Å². The third-order valence-corrected chi connectivity index (χ3v) is 3.35. The highest BCUT2D eigenvalue weighted by atomic mass is 16.1. The van der Waals surface area contributed by atoms with Crippen molar-refractivity contribution in [2.24, 2.45) is 0 Å². The molecule has 0 atom stereocenters. The zero-order chi connectivity index (χ0) is 12.6. The van der Waals surface area contributed by atoms with Crippen LogP contribution in [0.1, 0.15) is 29.9 Å². The minimum absolute atomic E-state index is 0.655. The molecular formula is C16H19NO. The van der Waals surface area contributed by atoms with Crippen LogP contribution in [0.15, 0.2) is 42.5 Å². The van der Waals surface area contributed by atoms with Gasteiger partial charge in [0.1, 0.15) is 6.29 Å². The Kier molecular flexibility index (Phi) is 4.91. The highest BCUT2D eigenvalue weighted by molar-refractivity contribution is 5.66. The van der Waals surface area contributed by atoms with Crippen molar-refractivity contribution in [3.8, 4) is 0 Å². The molecule has 1 aliphatic heterocycles. The summed E-state index contributed by atoms with van der Waals surface area (Å²) in [6, 6.07) is 8.53. The fourth-order valence-corrected chi connectivity index (χ4v) is 2.44. The van der Waals surface area contributed by atoms with Crippen LogP contribution < -0.4 is 5.32 Å². The maximum absolute atomic E-state index is 10.2. The van der Waals surface area contributed by atoms with Crippen molar-refractivity contribution in [2.75, 3.05) is 13.1 Å². The first-order valence-corrected chi connectivity index (χ1v) is 6.50. The second-order valence-electron chi connectivity index (χ2n) is 4.53. The molecule has 0 spiro atoms. The number of rotatable bonds is 4. The first-order chi connectivity index (χ1) is 8.92. The summed E-state index contributed by atoms with van der Waals surface area (Å²) in [4.78, 5) is 10.2. The van der Waals surface area contributed by atoms with Gasteiger partial charge in [0.15, 0.2) is 0 Å². The summed E-state index contributed by atoms with van der Waals surface area (Å²) < 4.78 is 0. The molecule has 0 aromatic heterocycles. The molecule has 1 saturated heterocycles. The van der Waals surface area contributed by atoms with Gasteiger partial charge in [0.25, 0.3) is 0 Å². The van der Waals surface area contributed by atoms with E-state index in [1.165, 1.54) is 30.0 Å². The second-order valence-corrected chi connectivity index (χ2v) is 4.53. The second kappa shape index (κ2) is 6.92. The van der Waals surface area contributed by atoms with Gasteiger partial charge in [0.2, 0.25) is 0 Å². The number of hydrogen-bond donors (Lipinski definition) is 1. The third-order valence-electron chi connectivity index (χ3n) is 3.35. The van der Waals surface area contributed by atoms with Gasteiger partial charge in [0, 0.05) is 0 Å². The lowest BCUT2D eigenvalue weighted by Gasteiger charge is -2.24. The molecule has 0 saturated carbocycles. The fourth-order valence-electron chi connectivity index (χ4n) is 2.44. The lowest BCUT2D eigenvalue weighted by molar-refractivity contribution is -0.104. The van der Waals surface area contributed by atoms with E-state index in [9.17, 15) is 4.79 Å². The Morgan fingerprint density at radius 2 is 1.83 bits per heavy atom. The van der Waals surface area contributed by atoms with E-state index in [2.05, 4.69) is 35.7 Å². The molecule has 1 N–H and O–H groups in total. The predicted molar refractivity (Wildman–Crippen MR) is 75.5 cm³/mol. The quantitative estimate of drug-likeness (QED) is 0.499. The Hall–Kier alpha value is -1.67. The van der Waals surface area contributed by atoms with Gasteiger partial charge >= 0.3 is 0 Å². The Labute approximate surface area is 108 Å². The fraction of sp³-hybridized carbons (Fsp3) is 0.312. The van der Waals surface area contributed by atoms with Crippen molar-refractivity contribution in [1.82, 2.24) is 5.32 Å². The number of carbonyl (C=O) groups is 1. The average Bonchev–Trinajstić information content (AvgIpc) is 2.45. The molecule has 0 radical (unpaired) electrons. The molecule has 1 aliphatic rings. The molecule has 94 valence electrons. The number of allylic oxidation sites excluding steroid dienone is 3. The molecule has 1 aromatic carbocycles. The van der Waals surface area contributed by atoms with E-state index in [4.69, 9.17) is 0 Å². The molecule has 1 aromatic rings. The van der Waals surface area contributed by atoms with E-state index < -0.39 is 0 Å². The molecule has 2 nitrogen and oxygen atoms in total. The van der Waals surface area contributed by atoms with Crippen molar-refractivity contribution in [1.29, 1.82) is 0 Å². The normalized spacial score (nSPS) is 17.6. The number of hydrogen-bond acceptors (Lipinski definition) is 2. The SMILES string of the molecule is O=CC=CC=Cc1ccccc1C1CCNCC1. The molecule has 0 bridgehead atoms. The molecular weight excluding hydrogens is 222 g/mol. The van der Waals surface area contributed by atoms with Crippen molar-refractivity contribution < 1.29 is 4.79 Å². The molecule has 0 amide bonds. The molecule has 18 heavy (non-hydrogen) atoms. The van der Waals surface area contributed by atoms with Gasteiger partial charge < -0.3 is 5.32 Å². The maximum Gasteiger partial charge on any atom is 0.142 e. The van der Waals surface area contributed by atoms with Crippen LogP contribution in [-0.2, 0) is 4.79 Å². The number of nitrogens with one attached hydrogen (secondary N) is 1. The van der Waals surface area contributed by atoms with Crippen molar-refractivity contribution in [3.05, 3.63) is 53.6 Å². The molecule has 2 rings (SSSR count). The Bertz CT molecular complexity index is 442. The lowest BCUT2D eigenvalue weighted by atomic mass is 9.87. The van der Waals surface area contributed by atoms with E-state index in [1.54, 1.807) is 6.08 Å². The molecule has 2 heteroatoms. The molecule has 0 aliphatic carbocycles. The van der Waals surface area contributed by atoms with Gasteiger partial charge in [-0.15, -0.1) is 0 Å². The summed E-state index contributed by atoms with van der Waals surface area (Å²) in [7, 11) is 0. The van der Waals surface area contributed by atoms with Crippen LogP contribution in [0.5, 0.6) is 0 Å². The summed E-state index contributed by atoms with van der Waals surface area (Å²) in [6.07, 6.45) is 10.5. The van der Waals surface area contributed by atoms with E-state index in [1.807, 2.05) is 6.08 Å². The summed E-state index contributed by atoms with van der Waals surface area (Å²) in [5.74, 6) is 0.655. The Balaban J connectivity index is 2.16. The van der Waals surface area contributed by atoms with Crippen molar-refractivity contribution in [2.45, 2.75) is 18.8 Å². The van der Waals surface area contributed by atoms with Gasteiger partial charge in [-0.2, -0.15) is 0 Å². The van der Waals surface area contributed by atoms with E-state index in [0.717, 1.165) is 19.4 Å². The van der Waals surface area contributed by atoms with E-state index in [0.29, 0.717) is 5.92 Å². The van der Waals surface area contributed by atoms with E-state index >= 15 is 0 Å². The van der Waals surface area contributed by atoms with Gasteiger partial charge in [-0.1, -0.05) is 42.5 Å². The minimum Gasteiger partial charge on any atom is -0.317 e. The largest absolute Gasteiger partial charge is 0.317 e. The molecule has 1 heterocycles.